The maximum Gasteiger partial charge on any atom is 0.226 e. The number of ether oxygens (including phenoxy) is 2. The maximum atomic E-state index is 6.25. The van der Waals surface area contributed by atoms with Crippen LogP contribution < -0.4 is 22.1 Å². The van der Waals surface area contributed by atoms with Gasteiger partial charge in [-0.3, -0.25) is 9.80 Å². The summed E-state index contributed by atoms with van der Waals surface area (Å²) in [6.07, 6.45) is 8.68. The maximum absolute atomic E-state index is 6.25. The molecule has 0 spiro atoms. The van der Waals surface area contributed by atoms with Gasteiger partial charge in [0.1, 0.15) is 11.6 Å². The lowest BCUT2D eigenvalue weighted by atomic mass is 10.1. The van der Waals surface area contributed by atoms with Crippen molar-refractivity contribution in [1.29, 1.82) is 0 Å². The molecule has 8 rings (SSSR count). The molecule has 0 amide bonds. The predicted octanol–water partition coefficient (Wildman–Crippen LogP) is 4.10. The van der Waals surface area contributed by atoms with Crippen LogP contribution >= 0.6 is 0 Å². The summed E-state index contributed by atoms with van der Waals surface area (Å²) in [6, 6.07) is 0. The monoisotopic (exact) mass is 714 g/mol. The molecule has 0 atom stereocenters. The lowest BCUT2D eigenvalue weighted by Gasteiger charge is -2.26. The molecule has 4 aromatic heterocycles. The first-order valence-corrected chi connectivity index (χ1v) is 19.4. The third-order valence-electron chi connectivity index (χ3n) is 10.4. The number of nitrogens with one attached hydrogen (secondary N) is 2. The van der Waals surface area contributed by atoms with Gasteiger partial charge in [-0.05, 0) is 101 Å². The number of hydrogen-bond donors (Lipinski definition) is 4. The summed E-state index contributed by atoms with van der Waals surface area (Å²) in [5, 5.41) is 8.48. The minimum absolute atomic E-state index is 0.528. The second-order valence-electron chi connectivity index (χ2n) is 13.8. The summed E-state index contributed by atoms with van der Waals surface area (Å²) in [4.78, 5) is 32.4. The average molecular weight is 715 g/mol. The molecule has 52 heavy (non-hydrogen) atoms. The van der Waals surface area contributed by atoms with E-state index in [9.17, 15) is 0 Å². The summed E-state index contributed by atoms with van der Waals surface area (Å²) < 4.78 is 10.7. The highest BCUT2D eigenvalue weighted by molar-refractivity contribution is 5.92. The van der Waals surface area contributed by atoms with Crippen LogP contribution in [0.3, 0.4) is 0 Å². The van der Waals surface area contributed by atoms with E-state index >= 15 is 0 Å². The van der Waals surface area contributed by atoms with Crippen LogP contribution in [-0.4, -0.2) is 118 Å². The van der Waals surface area contributed by atoms with Gasteiger partial charge in [-0.1, -0.05) is 13.8 Å². The molecule has 14 nitrogen and oxygen atoms in total. The van der Waals surface area contributed by atoms with Gasteiger partial charge in [0.05, 0.1) is 37.2 Å². The van der Waals surface area contributed by atoms with Crippen molar-refractivity contribution in [3.63, 3.8) is 0 Å². The van der Waals surface area contributed by atoms with E-state index in [1.165, 1.54) is 34.4 Å². The summed E-state index contributed by atoms with van der Waals surface area (Å²) in [5.74, 6) is 2.24. The van der Waals surface area contributed by atoms with Gasteiger partial charge < -0.3 is 31.6 Å². The fourth-order valence-electron chi connectivity index (χ4n) is 7.74. The number of hydrogen-bond acceptors (Lipinski definition) is 14. The van der Waals surface area contributed by atoms with Gasteiger partial charge in [0.2, 0.25) is 11.9 Å². The van der Waals surface area contributed by atoms with Crippen molar-refractivity contribution in [3.05, 3.63) is 33.6 Å². The van der Waals surface area contributed by atoms with Crippen molar-refractivity contribution >= 4 is 45.6 Å². The first kappa shape index (κ1) is 37.8. The molecule has 2 aliphatic heterocycles. The molecule has 6 N–H and O–H groups in total. The zero-order valence-electron chi connectivity index (χ0n) is 31.7. The molecule has 0 radical (unpaired) electrons. The van der Waals surface area contributed by atoms with Crippen LogP contribution in [0, 0.1) is 13.8 Å². The minimum atomic E-state index is 0.528. The second kappa shape index (κ2) is 18.2. The zero-order chi connectivity index (χ0) is 36.5. The lowest BCUT2D eigenvalue weighted by Crippen LogP contribution is -2.37. The summed E-state index contributed by atoms with van der Waals surface area (Å²) in [5.41, 5.74) is 21.4. The number of aryl methyl sites for hydroxylation is 4. The number of nitrogens with zero attached hydrogens (tertiary/aromatic N) is 8. The van der Waals surface area contributed by atoms with E-state index in [1.807, 2.05) is 13.8 Å². The first-order chi connectivity index (χ1) is 25.4. The number of pyridine rings is 2. The molecular formula is C38H58N12O2. The van der Waals surface area contributed by atoms with Crippen LogP contribution in [0.5, 0.6) is 0 Å². The molecule has 0 bridgehead atoms. The van der Waals surface area contributed by atoms with Gasteiger partial charge in [-0.15, -0.1) is 0 Å². The van der Waals surface area contributed by atoms with Crippen molar-refractivity contribution in [2.75, 3.05) is 101 Å². The van der Waals surface area contributed by atoms with Crippen LogP contribution in [0.2, 0.25) is 0 Å². The van der Waals surface area contributed by atoms with Crippen LogP contribution in [-0.2, 0) is 35.2 Å². The third-order valence-corrected chi connectivity index (χ3v) is 10.4. The lowest BCUT2D eigenvalue weighted by molar-refractivity contribution is 0.0378. The Hall–Kier alpha value is -3.98. The molecular weight excluding hydrogens is 656 g/mol. The summed E-state index contributed by atoms with van der Waals surface area (Å²) >= 11 is 0. The number of rotatable bonds is 10. The highest BCUT2D eigenvalue weighted by atomic mass is 16.5. The number of fused-ring (bicyclic) bond motifs is 5. The van der Waals surface area contributed by atoms with E-state index in [2.05, 4.69) is 59.2 Å². The normalized spacial score (nSPS) is 17.2. The van der Waals surface area contributed by atoms with Crippen molar-refractivity contribution < 1.29 is 9.47 Å². The number of aromatic nitrogens is 6. The molecule has 0 unspecified atom stereocenters. The van der Waals surface area contributed by atoms with Gasteiger partial charge >= 0.3 is 0 Å². The zero-order valence-corrected chi connectivity index (χ0v) is 31.7. The Morgan fingerprint density at radius 1 is 0.596 bits per heavy atom. The average Bonchev–Trinajstić information content (AvgIpc) is 3.85. The van der Waals surface area contributed by atoms with E-state index < -0.39 is 0 Å². The van der Waals surface area contributed by atoms with E-state index in [0.29, 0.717) is 23.5 Å². The van der Waals surface area contributed by atoms with Crippen molar-refractivity contribution in [2.24, 2.45) is 0 Å². The SMILES string of the molecule is CC.Cc1c2c(nc3nc(NCCCN4CCOCC4)nc(N)c13)CCC2.Cc1nc2nc(NCCCN3CCOCC3)nc(N)c2c2c1CCC2. The fraction of sp³-hybridized carbons (Fsp3) is 0.632. The molecule has 4 aromatic rings. The Morgan fingerprint density at radius 2 is 1.10 bits per heavy atom. The Morgan fingerprint density at radius 3 is 1.69 bits per heavy atom. The van der Waals surface area contributed by atoms with Crippen molar-refractivity contribution in [3.8, 4) is 0 Å². The standard InChI is InChI=1S/2C18H26N6O.C2H6/c1-12-13-4-2-5-14(13)15-16(19)22-18(23-17(15)21-12)20-6-3-7-24-8-10-25-11-9-24;1-12-13-4-2-5-14(13)21-17-15(12)16(19)22-18(23-17)20-6-3-7-24-8-10-25-11-9-24;1-2/h2*2-11H2,1H3,(H3,19,20,21,22,23);1-2H3. The molecule has 2 saturated heterocycles. The van der Waals surface area contributed by atoms with Crippen LogP contribution in [0.4, 0.5) is 23.5 Å². The van der Waals surface area contributed by atoms with Gasteiger partial charge in [0.15, 0.2) is 11.3 Å². The topological polar surface area (TPSA) is 178 Å². The highest BCUT2D eigenvalue weighted by Gasteiger charge is 2.22. The van der Waals surface area contributed by atoms with Gasteiger partial charge in [-0.25, -0.2) is 9.97 Å². The fourth-order valence-corrected chi connectivity index (χ4v) is 7.74. The Balaban J connectivity index is 0.000000171. The van der Waals surface area contributed by atoms with Crippen LogP contribution in [0.25, 0.3) is 22.1 Å². The van der Waals surface area contributed by atoms with Gasteiger partial charge in [-0.2, -0.15) is 19.9 Å². The van der Waals surface area contributed by atoms with Crippen molar-refractivity contribution in [2.45, 2.75) is 79.1 Å². The van der Waals surface area contributed by atoms with E-state index in [4.69, 9.17) is 25.9 Å². The number of anilines is 4. The number of nitrogen functional groups attached to an aromatic ring is 2. The molecule has 0 saturated carbocycles. The van der Waals surface area contributed by atoms with E-state index in [0.717, 1.165) is 151 Å². The summed E-state index contributed by atoms with van der Waals surface area (Å²) in [6.45, 7) is 19.4. The Bertz CT molecular complexity index is 1770. The summed E-state index contributed by atoms with van der Waals surface area (Å²) in [7, 11) is 0. The van der Waals surface area contributed by atoms with E-state index in [-0.39, 0.29) is 0 Å². The Kier molecular flexibility index (Phi) is 13.2. The first-order valence-electron chi connectivity index (χ1n) is 19.4. The van der Waals surface area contributed by atoms with Crippen molar-refractivity contribution in [1.82, 2.24) is 39.7 Å². The van der Waals surface area contributed by atoms with Gasteiger partial charge in [0, 0.05) is 50.7 Å². The smallest absolute Gasteiger partial charge is 0.226 e. The third kappa shape index (κ3) is 8.96. The van der Waals surface area contributed by atoms with Gasteiger partial charge in [0.25, 0.3) is 0 Å². The highest BCUT2D eigenvalue weighted by Crippen LogP contribution is 2.33. The number of morpholine rings is 2. The molecule has 14 heteroatoms. The minimum Gasteiger partial charge on any atom is -0.383 e. The number of nitrogens with two attached hydrogens (primary N) is 2. The second-order valence-corrected chi connectivity index (χ2v) is 13.8. The van der Waals surface area contributed by atoms with E-state index in [1.54, 1.807) is 0 Å². The quantitative estimate of drug-likeness (QED) is 0.173. The van der Waals surface area contributed by atoms with Crippen LogP contribution in [0.15, 0.2) is 0 Å². The van der Waals surface area contributed by atoms with Crippen LogP contribution in [0.1, 0.15) is 73.2 Å². The molecule has 0 aromatic carbocycles. The molecule has 2 fully saturated rings. The Labute approximate surface area is 307 Å². The molecule has 6 heterocycles. The largest absolute Gasteiger partial charge is 0.383 e. The molecule has 282 valence electrons. The predicted molar refractivity (Wildman–Crippen MR) is 209 cm³/mol. The molecule has 2 aliphatic carbocycles. The molecule has 4 aliphatic rings.